The van der Waals surface area contributed by atoms with Gasteiger partial charge in [-0.2, -0.15) is 4.68 Å². The van der Waals surface area contributed by atoms with Gasteiger partial charge in [0.2, 0.25) is 10.0 Å². The molecule has 1 aliphatic carbocycles. The van der Waals surface area contributed by atoms with E-state index in [0.29, 0.717) is 16.1 Å². The van der Waals surface area contributed by atoms with E-state index in [-0.39, 0.29) is 39.1 Å². The Balaban J connectivity index is 1.52. The number of aromatic nitrogens is 3. The van der Waals surface area contributed by atoms with Crippen molar-refractivity contribution in [3.05, 3.63) is 41.2 Å². The number of ether oxygens (including phenoxy) is 1. The van der Waals surface area contributed by atoms with Crippen molar-refractivity contribution in [1.29, 1.82) is 0 Å². The largest absolute Gasteiger partial charge is 0.504 e. The lowest BCUT2D eigenvalue weighted by Crippen LogP contribution is -2.38. The normalized spacial score (nSPS) is 18.3. The molecule has 0 spiro atoms. The molecule has 1 aromatic carbocycles. The van der Waals surface area contributed by atoms with Crippen LogP contribution in [0.3, 0.4) is 0 Å². The van der Waals surface area contributed by atoms with Gasteiger partial charge in [0.1, 0.15) is 0 Å². The van der Waals surface area contributed by atoms with E-state index in [4.69, 9.17) is 14.9 Å². The van der Waals surface area contributed by atoms with Crippen LogP contribution in [0.25, 0.3) is 10.4 Å². The molecular formula is C24H29F3N6O4S2. The summed E-state index contributed by atoms with van der Waals surface area (Å²) in [5.41, 5.74) is 1.21. The Kier molecular flexibility index (Phi) is 8.23. The van der Waals surface area contributed by atoms with Gasteiger partial charge in [-0.1, -0.05) is 6.07 Å². The number of anilines is 2. The van der Waals surface area contributed by atoms with Crippen LogP contribution < -0.4 is 15.8 Å². The fraction of sp³-hybridized carbons (Fsp3) is 0.458. The first-order valence-corrected chi connectivity index (χ1v) is 14.6. The second-order valence-electron chi connectivity index (χ2n) is 9.61. The van der Waals surface area contributed by atoms with Crippen LogP contribution in [-0.2, 0) is 21.1 Å². The molecule has 3 aromatic rings. The Hall–Kier alpha value is -3.17. The number of halogens is 3. The third-order valence-electron chi connectivity index (χ3n) is 6.21. The summed E-state index contributed by atoms with van der Waals surface area (Å²) in [6, 6.07) is 5.50. The van der Waals surface area contributed by atoms with Crippen molar-refractivity contribution in [3.8, 4) is 10.4 Å². The van der Waals surface area contributed by atoms with Crippen LogP contribution in [0.2, 0.25) is 0 Å². The molecule has 10 nitrogen and oxygen atoms in total. The van der Waals surface area contributed by atoms with Gasteiger partial charge in [0.25, 0.3) is 0 Å². The average Bonchev–Trinajstić information content (AvgIpc) is 3.45. The quantitative estimate of drug-likeness (QED) is 0.339. The lowest BCUT2D eigenvalue weighted by atomic mass is 9.86. The highest BCUT2D eigenvalue weighted by Gasteiger charge is 2.32. The van der Waals surface area contributed by atoms with Gasteiger partial charge in [0, 0.05) is 35.5 Å². The van der Waals surface area contributed by atoms with Crippen LogP contribution >= 0.6 is 11.3 Å². The Morgan fingerprint density at radius 1 is 1.21 bits per heavy atom. The molecule has 39 heavy (non-hydrogen) atoms. The van der Waals surface area contributed by atoms with Crippen LogP contribution in [0, 0.1) is 6.92 Å². The van der Waals surface area contributed by atoms with E-state index in [9.17, 15) is 26.4 Å². The maximum absolute atomic E-state index is 12.8. The number of benzene rings is 1. The number of amides is 1. The molecule has 1 fully saturated rings. The fourth-order valence-corrected chi connectivity index (χ4v) is 6.55. The molecule has 2 aromatic heterocycles. The molecule has 4 N–H and O–H groups in total. The molecule has 0 atom stereocenters. The van der Waals surface area contributed by atoms with Gasteiger partial charge in [-0.25, -0.2) is 23.3 Å². The summed E-state index contributed by atoms with van der Waals surface area (Å²) in [7, 11) is -4.19. The molecule has 212 valence electrons. The van der Waals surface area contributed by atoms with Gasteiger partial charge in [-0.05, 0) is 58.6 Å². The number of carbonyl (C=O) groups is 1. The van der Waals surface area contributed by atoms with E-state index < -0.39 is 22.4 Å². The number of hydrogen-bond donors (Lipinski definition) is 3. The highest BCUT2D eigenvalue weighted by molar-refractivity contribution is 7.89. The lowest BCUT2D eigenvalue weighted by Gasteiger charge is -2.28. The molecule has 1 saturated carbocycles. The van der Waals surface area contributed by atoms with Gasteiger partial charge in [0.15, 0.2) is 5.82 Å². The number of rotatable bonds is 7. The number of aryl methyl sites for hydroxylation is 1. The summed E-state index contributed by atoms with van der Waals surface area (Å²) in [5.74, 6) is 0.0449. The smallest absolute Gasteiger partial charge is 0.447 e. The Morgan fingerprint density at radius 2 is 1.90 bits per heavy atom. The van der Waals surface area contributed by atoms with Crippen molar-refractivity contribution < 1.29 is 31.1 Å². The fourth-order valence-electron chi connectivity index (χ4n) is 4.44. The van der Waals surface area contributed by atoms with Crippen LogP contribution in [-0.4, -0.2) is 41.4 Å². The van der Waals surface area contributed by atoms with Crippen LogP contribution in [0.4, 0.5) is 29.5 Å². The molecule has 2 heterocycles. The third kappa shape index (κ3) is 7.08. The number of hydrogen-bond acceptors (Lipinski definition) is 8. The molecule has 0 aliphatic heterocycles. The maximum atomic E-state index is 12.8. The van der Waals surface area contributed by atoms with Crippen molar-refractivity contribution >= 4 is 39.0 Å². The van der Waals surface area contributed by atoms with Gasteiger partial charge in [-0.15, -0.1) is 29.6 Å². The highest BCUT2D eigenvalue weighted by Crippen LogP contribution is 2.41. The first-order chi connectivity index (χ1) is 18.2. The zero-order valence-corrected chi connectivity index (χ0v) is 23.1. The number of carbonyl (C=O) groups excluding carboxylic acids is 1. The van der Waals surface area contributed by atoms with E-state index in [1.807, 2.05) is 0 Å². The van der Waals surface area contributed by atoms with Gasteiger partial charge in [0.05, 0.1) is 26.6 Å². The zero-order chi connectivity index (χ0) is 28.5. The van der Waals surface area contributed by atoms with Crippen molar-refractivity contribution in [2.45, 2.75) is 75.7 Å². The minimum atomic E-state index is -4.67. The van der Waals surface area contributed by atoms with E-state index in [2.05, 4.69) is 15.7 Å². The number of alkyl carbamates (subject to hydrolysis) is 1. The number of alkyl halides is 3. The minimum absolute atomic E-state index is 0.0181. The molecule has 1 aliphatic rings. The van der Waals surface area contributed by atoms with Gasteiger partial charge in [-0.3, -0.25) is 0 Å². The van der Waals surface area contributed by atoms with E-state index in [1.54, 1.807) is 32.9 Å². The highest BCUT2D eigenvalue weighted by atomic mass is 32.2. The summed E-state index contributed by atoms with van der Waals surface area (Å²) in [5, 5.41) is 15.4. The second-order valence-corrected chi connectivity index (χ2v) is 12.2. The van der Waals surface area contributed by atoms with Crippen LogP contribution in [0.15, 0.2) is 35.4 Å². The van der Waals surface area contributed by atoms with Crippen molar-refractivity contribution in [1.82, 2.24) is 20.1 Å². The summed E-state index contributed by atoms with van der Waals surface area (Å²) < 4.78 is 68.5. The van der Waals surface area contributed by atoms with Crippen molar-refractivity contribution in [3.63, 3.8) is 0 Å². The number of nitrogens with one attached hydrogen (secondary N) is 2. The van der Waals surface area contributed by atoms with Crippen molar-refractivity contribution in [2.75, 3.05) is 5.32 Å². The Bertz CT molecular complexity index is 1440. The third-order valence-corrected chi connectivity index (χ3v) is 8.51. The van der Waals surface area contributed by atoms with E-state index in [1.165, 1.54) is 17.4 Å². The SMILES string of the molecule is Cc1nc([C@H]2CC[C@H](NC(=O)OC(C)C)CC2)sc1-c1ccc(Nc2ccn(C(F)(F)F)n2)cc1S(N)(=O)=O. The first-order valence-electron chi connectivity index (χ1n) is 12.2. The minimum Gasteiger partial charge on any atom is -0.447 e. The monoisotopic (exact) mass is 586 g/mol. The standard InChI is InChI=1S/C24H29F3N6O4S2/c1-13(2)37-23(34)31-16-6-4-15(5-7-16)22-29-14(3)21(38-22)18-9-8-17(12-19(18)39(28,35)36)30-20-10-11-33(32-20)24(25,26)27/h8-13,15-16H,4-7H2,1-3H3,(H,30,32)(H,31,34)(H2,28,35,36)/t15-,16-. The molecule has 1 amide bonds. The summed E-state index contributed by atoms with van der Waals surface area (Å²) >= 11 is 1.38. The topological polar surface area (TPSA) is 141 Å². The van der Waals surface area contributed by atoms with Gasteiger partial charge >= 0.3 is 12.4 Å². The predicted octanol–water partition coefficient (Wildman–Crippen LogP) is 5.34. The number of thiazole rings is 1. The second kappa shape index (κ2) is 11.1. The molecule has 0 saturated heterocycles. The van der Waals surface area contributed by atoms with Crippen LogP contribution in [0.5, 0.6) is 0 Å². The Morgan fingerprint density at radius 3 is 2.49 bits per heavy atom. The average molecular weight is 587 g/mol. The van der Waals surface area contributed by atoms with Gasteiger partial charge < -0.3 is 15.4 Å². The molecule has 0 bridgehead atoms. The number of nitrogens with two attached hydrogens (primary N) is 1. The lowest BCUT2D eigenvalue weighted by molar-refractivity contribution is -0.212. The summed E-state index contributed by atoms with van der Waals surface area (Å²) in [6.45, 7) is 5.36. The number of primary sulfonamides is 1. The molecular weight excluding hydrogens is 557 g/mol. The number of nitrogens with zero attached hydrogens (tertiary/aromatic N) is 3. The van der Waals surface area contributed by atoms with E-state index in [0.717, 1.165) is 43.0 Å². The molecule has 15 heteroatoms. The zero-order valence-electron chi connectivity index (χ0n) is 21.4. The van der Waals surface area contributed by atoms with Crippen molar-refractivity contribution in [2.24, 2.45) is 5.14 Å². The number of sulfonamides is 1. The van der Waals surface area contributed by atoms with E-state index >= 15 is 0 Å². The Labute approximate surface area is 227 Å². The molecule has 4 rings (SSSR count). The summed E-state index contributed by atoms with van der Waals surface area (Å²) in [4.78, 5) is 17.1. The first kappa shape index (κ1) is 28.8. The summed E-state index contributed by atoms with van der Waals surface area (Å²) in [6.07, 6.45) is -1.42. The van der Waals surface area contributed by atoms with Crippen LogP contribution in [0.1, 0.15) is 56.2 Å². The predicted molar refractivity (Wildman–Crippen MR) is 140 cm³/mol. The molecule has 0 radical (unpaired) electrons. The molecule has 0 unspecified atom stereocenters. The maximum Gasteiger partial charge on any atom is 0.504 e.